The molecule has 0 aliphatic carbocycles. The Balaban J connectivity index is 2.12. The Hall–Kier alpha value is -1.13. The minimum atomic E-state index is 0.0109. The molecule has 0 spiro atoms. The minimum absolute atomic E-state index is 0.0109. The molecule has 2 nitrogen and oxygen atoms in total. The molecule has 0 radical (unpaired) electrons. The molecule has 0 aliphatic rings. The Morgan fingerprint density at radius 1 is 1.26 bits per heavy atom. The first kappa shape index (κ1) is 14.3. The number of thiophene rings is 1. The van der Waals surface area contributed by atoms with Crippen LogP contribution in [0.3, 0.4) is 0 Å². The molecular weight excluding hydrogens is 324 g/mol. The van der Waals surface area contributed by atoms with Gasteiger partial charge >= 0.3 is 0 Å². The normalized spacial score (nSPS) is 10.5. The molecule has 0 N–H and O–H groups in total. The van der Waals surface area contributed by atoms with Crippen LogP contribution in [0.5, 0.6) is 5.75 Å². The first-order chi connectivity index (χ1) is 9.10. The highest BCUT2D eigenvalue weighted by Crippen LogP contribution is 2.26. The zero-order chi connectivity index (χ0) is 13.8. The number of hydrogen-bond acceptors (Lipinski definition) is 3. The van der Waals surface area contributed by atoms with Gasteiger partial charge in [0.05, 0.1) is 5.56 Å². The molecule has 1 aromatic heterocycles. The molecule has 100 valence electrons. The van der Waals surface area contributed by atoms with Crippen LogP contribution < -0.4 is 4.74 Å². The van der Waals surface area contributed by atoms with Gasteiger partial charge in [-0.15, -0.1) is 11.3 Å². The van der Waals surface area contributed by atoms with Gasteiger partial charge in [-0.05, 0) is 43.7 Å². The van der Waals surface area contributed by atoms with E-state index in [0.29, 0.717) is 17.9 Å². The molecule has 0 saturated heterocycles. The molecule has 0 atom stereocenters. The monoisotopic (exact) mass is 338 g/mol. The second-order valence-electron chi connectivity index (χ2n) is 4.21. The molecule has 2 aromatic rings. The van der Waals surface area contributed by atoms with Crippen LogP contribution >= 0.6 is 27.3 Å². The number of carbonyl (C=O) groups excluding carboxylic acids is 1. The van der Waals surface area contributed by atoms with E-state index in [0.717, 1.165) is 10.9 Å². The zero-order valence-corrected chi connectivity index (χ0v) is 13.3. The van der Waals surface area contributed by atoms with Crippen molar-refractivity contribution in [2.24, 2.45) is 0 Å². The number of Topliss-reactive ketones (excluding diaryl/α,β-unsaturated/α-hetero) is 1. The van der Waals surface area contributed by atoms with Crippen LogP contribution in [0.25, 0.3) is 0 Å². The molecule has 0 saturated carbocycles. The lowest BCUT2D eigenvalue weighted by Gasteiger charge is -2.09. The number of hydrogen-bond donors (Lipinski definition) is 0. The van der Waals surface area contributed by atoms with E-state index in [1.807, 2.05) is 12.1 Å². The molecule has 0 fully saturated rings. The number of rotatable bonds is 5. The lowest BCUT2D eigenvalue weighted by Crippen LogP contribution is -2.00. The summed E-state index contributed by atoms with van der Waals surface area (Å²) in [6.45, 7) is 4.20. The summed E-state index contributed by atoms with van der Waals surface area (Å²) >= 11 is 5.12. The van der Waals surface area contributed by atoms with Crippen molar-refractivity contribution >= 4 is 33.0 Å². The molecule has 0 amide bonds. The molecule has 0 aliphatic heterocycles. The van der Waals surface area contributed by atoms with Crippen molar-refractivity contribution in [1.29, 1.82) is 0 Å². The first-order valence-corrected chi connectivity index (χ1v) is 7.72. The van der Waals surface area contributed by atoms with Crippen LogP contribution in [0.2, 0.25) is 0 Å². The number of ketones is 1. The molecule has 1 heterocycles. The fourth-order valence-electron chi connectivity index (χ4n) is 1.74. The van der Waals surface area contributed by atoms with Crippen LogP contribution in [0, 0.1) is 0 Å². The van der Waals surface area contributed by atoms with Crippen molar-refractivity contribution in [3.05, 3.63) is 50.1 Å². The van der Waals surface area contributed by atoms with Gasteiger partial charge in [-0.25, -0.2) is 0 Å². The summed E-state index contributed by atoms with van der Waals surface area (Å²) in [6.07, 6.45) is 1.04. The van der Waals surface area contributed by atoms with E-state index < -0.39 is 0 Å². The Bertz CT molecular complexity index is 590. The number of halogens is 1. The SMILES string of the molecule is CCc1ccc(COc2ccc(Br)cc2C(C)=O)s1. The highest BCUT2D eigenvalue weighted by molar-refractivity contribution is 9.10. The molecule has 19 heavy (non-hydrogen) atoms. The van der Waals surface area contributed by atoms with Crippen molar-refractivity contribution in [3.63, 3.8) is 0 Å². The maximum absolute atomic E-state index is 11.6. The van der Waals surface area contributed by atoms with E-state index in [4.69, 9.17) is 4.74 Å². The van der Waals surface area contributed by atoms with Gasteiger partial charge in [0.1, 0.15) is 12.4 Å². The predicted molar refractivity (Wildman–Crippen MR) is 82.2 cm³/mol. The lowest BCUT2D eigenvalue weighted by molar-refractivity contribution is 0.101. The van der Waals surface area contributed by atoms with Gasteiger partial charge in [-0.3, -0.25) is 4.79 Å². The molecule has 0 unspecified atom stereocenters. The predicted octanol–water partition coefficient (Wildman–Crippen LogP) is 4.85. The molecule has 1 aromatic carbocycles. The highest BCUT2D eigenvalue weighted by atomic mass is 79.9. The second-order valence-corrected chi connectivity index (χ2v) is 6.38. The maximum atomic E-state index is 11.6. The Morgan fingerprint density at radius 2 is 2.00 bits per heavy atom. The summed E-state index contributed by atoms with van der Waals surface area (Å²) in [6, 6.07) is 9.71. The zero-order valence-electron chi connectivity index (χ0n) is 10.9. The van der Waals surface area contributed by atoms with Crippen molar-refractivity contribution in [3.8, 4) is 5.75 Å². The van der Waals surface area contributed by atoms with E-state index in [1.165, 1.54) is 9.75 Å². The van der Waals surface area contributed by atoms with Crippen LogP contribution in [0.15, 0.2) is 34.8 Å². The molecule has 2 rings (SSSR count). The lowest BCUT2D eigenvalue weighted by atomic mass is 10.1. The highest BCUT2D eigenvalue weighted by Gasteiger charge is 2.10. The molecule has 0 bridgehead atoms. The molecule has 4 heteroatoms. The van der Waals surface area contributed by atoms with Gasteiger partial charge in [0.15, 0.2) is 5.78 Å². The van der Waals surface area contributed by atoms with Crippen molar-refractivity contribution in [2.75, 3.05) is 0 Å². The quantitative estimate of drug-likeness (QED) is 0.728. The average Bonchev–Trinajstić information content (AvgIpc) is 2.85. The van der Waals surface area contributed by atoms with Gasteiger partial charge in [0.25, 0.3) is 0 Å². The summed E-state index contributed by atoms with van der Waals surface area (Å²) in [5.41, 5.74) is 0.613. The van der Waals surface area contributed by atoms with Crippen molar-refractivity contribution in [1.82, 2.24) is 0 Å². The Labute approximate surface area is 125 Å². The van der Waals surface area contributed by atoms with E-state index in [1.54, 1.807) is 24.3 Å². The van der Waals surface area contributed by atoms with Crippen LogP contribution in [0.4, 0.5) is 0 Å². The summed E-state index contributed by atoms with van der Waals surface area (Å²) < 4.78 is 6.65. The van der Waals surface area contributed by atoms with Gasteiger partial charge < -0.3 is 4.74 Å². The smallest absolute Gasteiger partial charge is 0.163 e. The average molecular weight is 339 g/mol. The van der Waals surface area contributed by atoms with Gasteiger partial charge in [0, 0.05) is 14.2 Å². The fourth-order valence-corrected chi connectivity index (χ4v) is 2.97. The number of aryl methyl sites for hydroxylation is 1. The summed E-state index contributed by atoms with van der Waals surface area (Å²) in [7, 11) is 0. The topological polar surface area (TPSA) is 26.3 Å². The summed E-state index contributed by atoms with van der Waals surface area (Å²) in [5, 5.41) is 0. The number of benzene rings is 1. The number of ether oxygens (including phenoxy) is 1. The largest absolute Gasteiger partial charge is 0.487 e. The Kier molecular flexibility index (Phi) is 4.77. The maximum Gasteiger partial charge on any atom is 0.163 e. The van der Waals surface area contributed by atoms with Crippen molar-refractivity contribution < 1.29 is 9.53 Å². The van der Waals surface area contributed by atoms with Gasteiger partial charge in [-0.2, -0.15) is 0 Å². The van der Waals surface area contributed by atoms with Gasteiger partial charge in [-0.1, -0.05) is 22.9 Å². The van der Waals surface area contributed by atoms with Crippen LogP contribution in [-0.4, -0.2) is 5.78 Å². The van der Waals surface area contributed by atoms with E-state index in [-0.39, 0.29) is 5.78 Å². The van der Waals surface area contributed by atoms with E-state index >= 15 is 0 Å². The van der Waals surface area contributed by atoms with Crippen molar-refractivity contribution in [2.45, 2.75) is 26.9 Å². The third-order valence-electron chi connectivity index (χ3n) is 2.76. The standard InChI is InChI=1S/C15H15BrO2S/c1-3-12-5-6-13(19-12)9-18-15-7-4-11(16)8-14(15)10(2)17/h4-8H,3,9H2,1-2H3. The fraction of sp³-hybridized carbons (Fsp3) is 0.267. The summed E-state index contributed by atoms with van der Waals surface area (Å²) in [4.78, 5) is 14.1. The first-order valence-electron chi connectivity index (χ1n) is 6.11. The third kappa shape index (κ3) is 3.67. The Morgan fingerprint density at radius 3 is 2.63 bits per heavy atom. The van der Waals surface area contributed by atoms with E-state index in [9.17, 15) is 4.79 Å². The number of carbonyl (C=O) groups is 1. The second kappa shape index (κ2) is 6.35. The molecular formula is C15H15BrO2S. The summed E-state index contributed by atoms with van der Waals surface area (Å²) in [5.74, 6) is 0.652. The third-order valence-corrected chi connectivity index (χ3v) is 4.45. The van der Waals surface area contributed by atoms with Crippen LogP contribution in [0.1, 0.15) is 34.0 Å². The van der Waals surface area contributed by atoms with Crippen LogP contribution in [-0.2, 0) is 13.0 Å². The van der Waals surface area contributed by atoms with E-state index in [2.05, 4.69) is 35.0 Å². The minimum Gasteiger partial charge on any atom is -0.487 e. The van der Waals surface area contributed by atoms with Gasteiger partial charge in [0.2, 0.25) is 0 Å².